The van der Waals surface area contributed by atoms with E-state index in [9.17, 15) is 14.4 Å². The molecule has 7 nitrogen and oxygen atoms in total. The minimum atomic E-state index is -0.848. The van der Waals surface area contributed by atoms with E-state index in [1.165, 1.54) is 0 Å². The lowest BCUT2D eigenvalue weighted by molar-refractivity contribution is -0.143. The number of aryl methyl sites for hydroxylation is 2. The van der Waals surface area contributed by atoms with E-state index in [1.54, 1.807) is 25.7 Å². The topological polar surface area (TPSA) is 87.7 Å². The summed E-state index contributed by atoms with van der Waals surface area (Å²) < 4.78 is 5.51. The van der Waals surface area contributed by atoms with Crippen LogP contribution in [0.3, 0.4) is 0 Å². The van der Waals surface area contributed by atoms with Crippen molar-refractivity contribution in [3.05, 3.63) is 70.8 Å². The van der Waals surface area contributed by atoms with Gasteiger partial charge in [0, 0.05) is 13.1 Å². The molecule has 0 aromatic heterocycles. The van der Waals surface area contributed by atoms with Crippen LogP contribution in [0.1, 0.15) is 102 Å². The molecule has 7 heteroatoms. The fraction of sp³-hybridized carbons (Fsp3) is 0.559. The van der Waals surface area contributed by atoms with E-state index in [0.29, 0.717) is 19.5 Å². The maximum atomic E-state index is 14.4. The van der Waals surface area contributed by atoms with Crippen LogP contribution in [0.25, 0.3) is 0 Å². The predicted octanol–water partition coefficient (Wildman–Crippen LogP) is 7.01. The molecule has 2 aromatic carbocycles. The van der Waals surface area contributed by atoms with Gasteiger partial charge in [0.25, 0.3) is 0 Å². The van der Waals surface area contributed by atoms with Gasteiger partial charge in [-0.3, -0.25) is 9.59 Å². The summed E-state index contributed by atoms with van der Waals surface area (Å²) in [5.74, 6) is -0.693. The number of amides is 3. The molecule has 2 aromatic rings. The first kappa shape index (κ1) is 33.9. The van der Waals surface area contributed by atoms with Gasteiger partial charge in [0.2, 0.25) is 11.8 Å². The second kappa shape index (κ2) is 16.2. The molecule has 2 N–H and O–H groups in total. The zero-order valence-electron chi connectivity index (χ0n) is 26.4. The third-order valence-corrected chi connectivity index (χ3v) is 7.40. The van der Waals surface area contributed by atoms with E-state index in [4.69, 9.17) is 4.74 Å². The van der Waals surface area contributed by atoms with Gasteiger partial charge in [-0.2, -0.15) is 0 Å². The largest absolute Gasteiger partial charge is 0.444 e. The minimum absolute atomic E-state index is 0.166. The van der Waals surface area contributed by atoms with Gasteiger partial charge in [-0.25, -0.2) is 4.79 Å². The Balaban J connectivity index is 2.53. The molecule has 0 fully saturated rings. The van der Waals surface area contributed by atoms with Crippen LogP contribution in [-0.4, -0.2) is 41.0 Å². The summed E-state index contributed by atoms with van der Waals surface area (Å²) in [6.07, 6.45) is 3.83. The second-order valence-electron chi connectivity index (χ2n) is 12.1. The first-order valence-corrected chi connectivity index (χ1v) is 15.1. The number of alkyl carbamates (subject to hydrolysis) is 1. The zero-order valence-corrected chi connectivity index (χ0v) is 26.4. The van der Waals surface area contributed by atoms with E-state index >= 15 is 0 Å². The molecule has 0 bridgehead atoms. The lowest BCUT2D eigenvalue weighted by Gasteiger charge is -2.36. The molecular weight excluding hydrogens is 514 g/mol. The Morgan fingerprint density at radius 3 is 2.20 bits per heavy atom. The van der Waals surface area contributed by atoms with Crippen LogP contribution in [0.15, 0.2) is 48.5 Å². The highest BCUT2D eigenvalue weighted by atomic mass is 16.6. The summed E-state index contributed by atoms with van der Waals surface area (Å²) in [6.45, 7) is 16.2. The van der Waals surface area contributed by atoms with Crippen molar-refractivity contribution in [2.24, 2.45) is 5.92 Å². The summed E-state index contributed by atoms with van der Waals surface area (Å²) in [7, 11) is 0. The fourth-order valence-corrected chi connectivity index (χ4v) is 4.66. The van der Waals surface area contributed by atoms with Crippen molar-refractivity contribution in [1.82, 2.24) is 15.5 Å². The molecule has 3 unspecified atom stereocenters. The molecule has 0 saturated carbocycles. The van der Waals surface area contributed by atoms with E-state index < -0.39 is 23.8 Å². The molecule has 41 heavy (non-hydrogen) atoms. The van der Waals surface area contributed by atoms with Crippen molar-refractivity contribution in [2.75, 3.05) is 6.54 Å². The third kappa shape index (κ3) is 10.9. The highest BCUT2D eigenvalue weighted by Gasteiger charge is 2.38. The molecule has 226 valence electrons. The monoisotopic (exact) mass is 565 g/mol. The summed E-state index contributed by atoms with van der Waals surface area (Å²) in [4.78, 5) is 43.0. The lowest BCUT2D eigenvalue weighted by Crippen LogP contribution is -2.55. The van der Waals surface area contributed by atoms with Gasteiger partial charge < -0.3 is 20.3 Å². The normalized spacial score (nSPS) is 13.6. The molecule has 0 heterocycles. The zero-order chi connectivity index (χ0) is 30.6. The van der Waals surface area contributed by atoms with Crippen LogP contribution in [-0.2, 0) is 20.9 Å². The number of unbranched alkanes of at least 4 members (excludes halogenated alkanes) is 3. The van der Waals surface area contributed by atoms with Gasteiger partial charge >= 0.3 is 6.09 Å². The maximum Gasteiger partial charge on any atom is 0.408 e. The van der Waals surface area contributed by atoms with Gasteiger partial charge in [-0.1, -0.05) is 95.0 Å². The van der Waals surface area contributed by atoms with Crippen LogP contribution in [0.4, 0.5) is 4.79 Å². The highest BCUT2D eigenvalue weighted by molar-refractivity contribution is 5.92. The number of ether oxygens (including phenoxy) is 1. The molecule has 2 rings (SSSR count). The molecule has 0 aliphatic rings. The van der Waals surface area contributed by atoms with Crippen molar-refractivity contribution in [1.29, 1.82) is 0 Å². The maximum absolute atomic E-state index is 14.4. The number of carbonyl (C=O) groups is 3. The molecule has 0 aliphatic heterocycles. The van der Waals surface area contributed by atoms with Gasteiger partial charge in [0.05, 0.1) is 0 Å². The number of nitrogens with one attached hydrogen (secondary N) is 2. The average molecular weight is 566 g/mol. The number of hydrogen-bond donors (Lipinski definition) is 2. The number of hydrogen-bond acceptors (Lipinski definition) is 4. The second-order valence-corrected chi connectivity index (χ2v) is 12.1. The Morgan fingerprint density at radius 2 is 1.61 bits per heavy atom. The van der Waals surface area contributed by atoms with Gasteiger partial charge in [0.15, 0.2) is 0 Å². The molecule has 0 aliphatic carbocycles. The van der Waals surface area contributed by atoms with Crippen molar-refractivity contribution >= 4 is 17.9 Å². The SMILES string of the molecule is CCCCCCN(C(=O)C(NC(=O)OC(C)(C)C)C(C)CC)C(C(=O)NCc1ccccc1)c1ccc(C)c(C)c1. The minimum Gasteiger partial charge on any atom is -0.444 e. The van der Waals surface area contributed by atoms with E-state index in [-0.39, 0.29) is 17.7 Å². The van der Waals surface area contributed by atoms with Gasteiger partial charge in [-0.15, -0.1) is 0 Å². The van der Waals surface area contributed by atoms with Gasteiger partial charge in [-0.05, 0) is 69.2 Å². The number of rotatable bonds is 14. The van der Waals surface area contributed by atoms with Crippen molar-refractivity contribution in [3.63, 3.8) is 0 Å². The summed E-state index contributed by atoms with van der Waals surface area (Å²) >= 11 is 0. The highest BCUT2D eigenvalue weighted by Crippen LogP contribution is 2.27. The van der Waals surface area contributed by atoms with Crippen LogP contribution in [0.2, 0.25) is 0 Å². The van der Waals surface area contributed by atoms with Crippen LogP contribution < -0.4 is 10.6 Å². The Labute approximate surface area is 247 Å². The Kier molecular flexibility index (Phi) is 13.4. The van der Waals surface area contributed by atoms with E-state index in [2.05, 4.69) is 17.6 Å². The number of carbonyl (C=O) groups excluding carboxylic acids is 3. The number of benzene rings is 2. The molecule has 3 atom stereocenters. The molecule has 0 radical (unpaired) electrons. The molecular formula is C34H51N3O4. The van der Waals surface area contributed by atoms with E-state index in [1.807, 2.05) is 76.2 Å². The third-order valence-electron chi connectivity index (χ3n) is 7.40. The summed E-state index contributed by atoms with van der Waals surface area (Å²) in [6, 6.07) is 14.0. The van der Waals surface area contributed by atoms with Crippen molar-refractivity contribution in [3.8, 4) is 0 Å². The van der Waals surface area contributed by atoms with Crippen LogP contribution in [0, 0.1) is 19.8 Å². The first-order valence-electron chi connectivity index (χ1n) is 15.1. The Morgan fingerprint density at radius 1 is 0.927 bits per heavy atom. The Hall–Kier alpha value is -3.35. The van der Waals surface area contributed by atoms with Crippen molar-refractivity contribution < 1.29 is 19.1 Å². The first-order chi connectivity index (χ1) is 19.4. The summed E-state index contributed by atoms with van der Waals surface area (Å²) in [5, 5.41) is 5.92. The van der Waals surface area contributed by atoms with Crippen LogP contribution in [0.5, 0.6) is 0 Å². The van der Waals surface area contributed by atoms with Crippen molar-refractivity contribution in [2.45, 2.75) is 112 Å². The predicted molar refractivity (Wildman–Crippen MR) is 165 cm³/mol. The number of nitrogens with zero attached hydrogens (tertiary/aromatic N) is 1. The Bertz CT molecular complexity index is 1130. The quantitative estimate of drug-likeness (QED) is 0.241. The summed E-state index contributed by atoms with van der Waals surface area (Å²) in [5.41, 5.74) is 3.19. The molecule has 0 spiro atoms. The standard InChI is InChI=1S/C34H51N3O4/c1-9-11-12-16-21-37(32(39)29(24(3)10-2)36-33(40)41-34(6,7)8)30(28-20-19-25(4)26(5)22-28)31(38)35-23-27-17-14-13-15-18-27/h13-15,17-20,22,24,29-30H,9-12,16,21,23H2,1-8H3,(H,35,38)(H,36,40). The molecule has 3 amide bonds. The molecule has 0 saturated heterocycles. The van der Waals surface area contributed by atoms with Gasteiger partial charge in [0.1, 0.15) is 17.7 Å². The smallest absolute Gasteiger partial charge is 0.408 e. The van der Waals surface area contributed by atoms with E-state index in [0.717, 1.165) is 47.9 Å². The van der Waals surface area contributed by atoms with Crippen LogP contribution >= 0.6 is 0 Å². The fourth-order valence-electron chi connectivity index (χ4n) is 4.66. The average Bonchev–Trinajstić information content (AvgIpc) is 2.92. The lowest BCUT2D eigenvalue weighted by atomic mass is 9.94.